The zero-order chi connectivity index (χ0) is 15.0. The van der Waals surface area contributed by atoms with Gasteiger partial charge in [-0.3, -0.25) is 4.99 Å². The Hall–Kier alpha value is -0.0800. The van der Waals surface area contributed by atoms with E-state index < -0.39 is 0 Å². The Morgan fingerprint density at radius 1 is 1.18 bits per heavy atom. The third-order valence-electron chi connectivity index (χ3n) is 4.81. The SMILES string of the molecule is CN=C(NCCCOCCOC)NCC1(C2CC2)CCC1.I. The second-order valence-corrected chi connectivity index (χ2v) is 6.30. The molecule has 0 amide bonds. The van der Waals surface area contributed by atoms with Gasteiger partial charge in [0.05, 0.1) is 13.2 Å². The lowest BCUT2D eigenvalue weighted by Gasteiger charge is -2.43. The third kappa shape index (κ3) is 6.20. The Morgan fingerprint density at radius 2 is 1.95 bits per heavy atom. The first kappa shape index (κ1) is 20.0. The second kappa shape index (κ2) is 10.6. The van der Waals surface area contributed by atoms with Crippen molar-refractivity contribution in [2.75, 3.05) is 47.1 Å². The molecule has 0 saturated heterocycles. The van der Waals surface area contributed by atoms with Gasteiger partial charge in [0, 0.05) is 33.9 Å². The van der Waals surface area contributed by atoms with Crippen LogP contribution in [0.2, 0.25) is 0 Å². The van der Waals surface area contributed by atoms with E-state index >= 15 is 0 Å². The minimum atomic E-state index is 0. The molecule has 0 radical (unpaired) electrons. The van der Waals surface area contributed by atoms with E-state index in [1.165, 1.54) is 32.1 Å². The fraction of sp³-hybridized carbons (Fsp3) is 0.938. The van der Waals surface area contributed by atoms with Crippen LogP contribution in [0.1, 0.15) is 38.5 Å². The molecule has 22 heavy (non-hydrogen) atoms. The molecule has 0 aromatic rings. The number of rotatable bonds is 10. The molecular formula is C16H32IN3O2. The van der Waals surface area contributed by atoms with Gasteiger partial charge in [-0.2, -0.15) is 0 Å². The van der Waals surface area contributed by atoms with Crippen LogP contribution in [0.4, 0.5) is 0 Å². The molecule has 0 unspecified atom stereocenters. The number of halogens is 1. The van der Waals surface area contributed by atoms with Gasteiger partial charge < -0.3 is 20.1 Å². The van der Waals surface area contributed by atoms with Crippen molar-refractivity contribution in [3.8, 4) is 0 Å². The Bertz CT molecular complexity index is 331. The second-order valence-electron chi connectivity index (χ2n) is 6.30. The summed E-state index contributed by atoms with van der Waals surface area (Å²) in [6.45, 7) is 4.08. The average Bonchev–Trinajstić information content (AvgIpc) is 3.28. The number of methoxy groups -OCH3 is 1. The molecular weight excluding hydrogens is 393 g/mol. The van der Waals surface area contributed by atoms with E-state index in [9.17, 15) is 0 Å². The fourth-order valence-corrected chi connectivity index (χ4v) is 3.16. The van der Waals surface area contributed by atoms with Crippen LogP contribution in [-0.4, -0.2) is 53.0 Å². The third-order valence-corrected chi connectivity index (χ3v) is 4.81. The van der Waals surface area contributed by atoms with Gasteiger partial charge >= 0.3 is 0 Å². The molecule has 130 valence electrons. The number of nitrogens with zero attached hydrogens (tertiary/aromatic N) is 1. The number of ether oxygens (including phenoxy) is 2. The summed E-state index contributed by atoms with van der Waals surface area (Å²) in [7, 11) is 3.53. The fourth-order valence-electron chi connectivity index (χ4n) is 3.16. The molecule has 0 heterocycles. The van der Waals surface area contributed by atoms with Gasteiger partial charge in [-0.15, -0.1) is 24.0 Å². The summed E-state index contributed by atoms with van der Waals surface area (Å²) in [5.41, 5.74) is 0.584. The maximum Gasteiger partial charge on any atom is 0.190 e. The minimum absolute atomic E-state index is 0. The summed E-state index contributed by atoms with van der Waals surface area (Å²) < 4.78 is 10.4. The first-order chi connectivity index (χ1) is 10.3. The molecule has 0 aliphatic heterocycles. The average molecular weight is 425 g/mol. The summed E-state index contributed by atoms with van der Waals surface area (Å²) in [6.07, 6.45) is 8.06. The highest BCUT2D eigenvalue weighted by Crippen LogP contribution is 2.56. The number of guanidine groups is 1. The Balaban J connectivity index is 0.00000242. The topological polar surface area (TPSA) is 54.9 Å². The number of aliphatic imine (C=N–C) groups is 1. The van der Waals surface area contributed by atoms with Crippen LogP contribution in [0.25, 0.3) is 0 Å². The maximum atomic E-state index is 5.44. The molecule has 2 aliphatic carbocycles. The van der Waals surface area contributed by atoms with E-state index in [0.717, 1.165) is 38.0 Å². The molecule has 2 aliphatic rings. The quantitative estimate of drug-likeness (QED) is 0.244. The highest BCUT2D eigenvalue weighted by molar-refractivity contribution is 14.0. The van der Waals surface area contributed by atoms with Gasteiger partial charge in [0.15, 0.2) is 5.96 Å². The molecule has 2 rings (SSSR count). The number of hydrogen-bond acceptors (Lipinski definition) is 3. The summed E-state index contributed by atoms with van der Waals surface area (Å²) in [5, 5.41) is 6.89. The molecule has 2 N–H and O–H groups in total. The van der Waals surface area contributed by atoms with Crippen LogP contribution in [0.5, 0.6) is 0 Å². The van der Waals surface area contributed by atoms with Gasteiger partial charge in [-0.05, 0) is 43.4 Å². The Labute approximate surface area is 152 Å². The summed E-state index contributed by atoms with van der Waals surface area (Å²) >= 11 is 0. The van der Waals surface area contributed by atoms with Gasteiger partial charge in [0.2, 0.25) is 0 Å². The first-order valence-electron chi connectivity index (χ1n) is 8.32. The lowest BCUT2D eigenvalue weighted by atomic mass is 9.65. The van der Waals surface area contributed by atoms with Crippen LogP contribution in [0.15, 0.2) is 4.99 Å². The molecule has 0 aromatic heterocycles. The summed E-state index contributed by atoms with van der Waals surface area (Å²) in [5.74, 6) is 1.91. The van der Waals surface area contributed by atoms with Crippen LogP contribution in [-0.2, 0) is 9.47 Å². The van der Waals surface area contributed by atoms with Crippen LogP contribution in [0, 0.1) is 11.3 Å². The standard InChI is InChI=1S/C16H31N3O2.HI/c1-17-15(18-9-4-10-21-12-11-20-2)19-13-16(7-3-8-16)14-5-6-14;/h14H,3-13H2,1-2H3,(H2,17,18,19);1H. The highest BCUT2D eigenvalue weighted by Gasteiger charge is 2.48. The van der Waals surface area contributed by atoms with Crippen molar-refractivity contribution >= 4 is 29.9 Å². The van der Waals surface area contributed by atoms with Crippen molar-refractivity contribution in [1.82, 2.24) is 10.6 Å². The van der Waals surface area contributed by atoms with Gasteiger partial charge in [0.1, 0.15) is 0 Å². The van der Waals surface area contributed by atoms with Crippen molar-refractivity contribution in [1.29, 1.82) is 0 Å². The van der Waals surface area contributed by atoms with Crippen LogP contribution in [0.3, 0.4) is 0 Å². The van der Waals surface area contributed by atoms with Crippen molar-refractivity contribution < 1.29 is 9.47 Å². The van der Waals surface area contributed by atoms with E-state index in [-0.39, 0.29) is 24.0 Å². The Kier molecular flexibility index (Phi) is 9.66. The smallest absolute Gasteiger partial charge is 0.190 e. The molecule has 0 aromatic carbocycles. The van der Waals surface area contributed by atoms with E-state index in [4.69, 9.17) is 9.47 Å². The van der Waals surface area contributed by atoms with Gasteiger partial charge in [-0.1, -0.05) is 6.42 Å². The lowest BCUT2D eigenvalue weighted by molar-refractivity contribution is 0.0698. The van der Waals surface area contributed by atoms with Gasteiger partial charge in [-0.25, -0.2) is 0 Å². The minimum Gasteiger partial charge on any atom is -0.382 e. The molecule has 6 heteroatoms. The van der Waals surface area contributed by atoms with Crippen molar-refractivity contribution in [3.63, 3.8) is 0 Å². The van der Waals surface area contributed by atoms with Gasteiger partial charge in [0.25, 0.3) is 0 Å². The zero-order valence-electron chi connectivity index (χ0n) is 14.0. The first-order valence-corrected chi connectivity index (χ1v) is 8.32. The van der Waals surface area contributed by atoms with Crippen LogP contribution < -0.4 is 10.6 Å². The zero-order valence-corrected chi connectivity index (χ0v) is 16.4. The van der Waals surface area contributed by atoms with E-state index in [0.29, 0.717) is 18.6 Å². The predicted octanol–water partition coefficient (Wildman–Crippen LogP) is 2.40. The number of nitrogens with one attached hydrogen (secondary N) is 2. The summed E-state index contributed by atoms with van der Waals surface area (Å²) in [6, 6.07) is 0. The highest BCUT2D eigenvalue weighted by atomic mass is 127. The summed E-state index contributed by atoms with van der Waals surface area (Å²) in [4.78, 5) is 4.31. The van der Waals surface area contributed by atoms with E-state index in [1.807, 2.05) is 7.05 Å². The lowest BCUT2D eigenvalue weighted by Crippen LogP contribution is -2.47. The van der Waals surface area contributed by atoms with Crippen molar-refractivity contribution in [2.45, 2.75) is 38.5 Å². The maximum absolute atomic E-state index is 5.44. The molecule has 5 nitrogen and oxygen atoms in total. The van der Waals surface area contributed by atoms with Crippen molar-refractivity contribution in [3.05, 3.63) is 0 Å². The normalized spacial score (nSPS) is 20.0. The largest absolute Gasteiger partial charge is 0.382 e. The predicted molar refractivity (Wildman–Crippen MR) is 101 cm³/mol. The monoisotopic (exact) mass is 425 g/mol. The molecule has 0 bridgehead atoms. The molecule has 2 fully saturated rings. The van der Waals surface area contributed by atoms with E-state index in [2.05, 4.69) is 15.6 Å². The molecule has 0 spiro atoms. The van der Waals surface area contributed by atoms with E-state index in [1.54, 1.807) is 7.11 Å². The molecule has 0 atom stereocenters. The molecule has 2 saturated carbocycles. The van der Waals surface area contributed by atoms with Crippen molar-refractivity contribution in [2.24, 2.45) is 16.3 Å². The van der Waals surface area contributed by atoms with Crippen LogP contribution >= 0.6 is 24.0 Å². The Morgan fingerprint density at radius 3 is 2.50 bits per heavy atom. The number of hydrogen-bond donors (Lipinski definition) is 2.